The van der Waals surface area contributed by atoms with Crippen molar-refractivity contribution in [3.63, 3.8) is 0 Å². The van der Waals surface area contributed by atoms with Crippen molar-refractivity contribution < 1.29 is 14.1 Å². The van der Waals surface area contributed by atoms with Gasteiger partial charge in [-0.1, -0.05) is 31.1 Å². The predicted octanol–water partition coefficient (Wildman–Crippen LogP) is 5.28. The summed E-state index contributed by atoms with van der Waals surface area (Å²) < 4.78 is 10.9. The number of thioether (sulfide) groups is 1. The Labute approximate surface area is 174 Å². The summed E-state index contributed by atoms with van der Waals surface area (Å²) in [6.07, 6.45) is 2.24. The highest BCUT2D eigenvalue weighted by molar-refractivity contribution is 8.00. The van der Waals surface area contributed by atoms with Crippen molar-refractivity contribution >= 4 is 23.4 Å². The lowest BCUT2D eigenvalue weighted by molar-refractivity contribution is 0.102. The molecule has 0 bridgehead atoms. The predicted molar refractivity (Wildman–Crippen MR) is 112 cm³/mol. The molecule has 1 aliphatic rings. The summed E-state index contributed by atoms with van der Waals surface area (Å²) in [5, 5.41) is 7.29. The maximum absolute atomic E-state index is 12.7. The van der Waals surface area contributed by atoms with Crippen molar-refractivity contribution in [1.82, 2.24) is 10.1 Å². The van der Waals surface area contributed by atoms with Crippen LogP contribution in [0.2, 0.25) is 0 Å². The number of rotatable bonds is 8. The van der Waals surface area contributed by atoms with Gasteiger partial charge in [0.2, 0.25) is 11.7 Å². The van der Waals surface area contributed by atoms with Gasteiger partial charge in [-0.2, -0.15) is 4.98 Å². The van der Waals surface area contributed by atoms with E-state index in [-0.39, 0.29) is 12.5 Å². The first-order chi connectivity index (χ1) is 14.1. The van der Waals surface area contributed by atoms with Crippen LogP contribution in [0.15, 0.2) is 57.9 Å². The summed E-state index contributed by atoms with van der Waals surface area (Å²) in [6, 6.07) is 14.9. The maximum atomic E-state index is 12.7. The highest BCUT2D eigenvalue weighted by Crippen LogP contribution is 2.38. The first-order valence-electron chi connectivity index (χ1n) is 9.71. The molecule has 1 aliphatic carbocycles. The largest absolute Gasteiger partial charge is 0.485 e. The normalized spacial score (nSPS) is 13.5. The summed E-state index contributed by atoms with van der Waals surface area (Å²) in [5.41, 5.74) is 1.39. The molecule has 1 N–H and O–H groups in total. The monoisotopic (exact) mass is 409 g/mol. The van der Waals surface area contributed by atoms with Crippen molar-refractivity contribution in [2.24, 2.45) is 0 Å². The van der Waals surface area contributed by atoms with E-state index in [0.29, 0.717) is 39.9 Å². The van der Waals surface area contributed by atoms with Gasteiger partial charge in [-0.25, -0.2) is 0 Å². The van der Waals surface area contributed by atoms with E-state index in [4.69, 9.17) is 9.26 Å². The zero-order valence-corrected chi connectivity index (χ0v) is 17.2. The van der Waals surface area contributed by atoms with Crippen LogP contribution >= 0.6 is 11.8 Å². The lowest BCUT2D eigenvalue weighted by Gasteiger charge is -2.12. The SMILES string of the molecule is CC(C)Sc1ccccc1C(=O)Nc1ccc(OCc2noc(C3CC3)n2)cc1. The third-order valence-corrected chi connectivity index (χ3v) is 5.47. The Morgan fingerprint density at radius 3 is 2.69 bits per heavy atom. The van der Waals surface area contributed by atoms with Crippen LogP contribution < -0.4 is 10.1 Å². The Kier molecular flexibility index (Phi) is 5.85. The Morgan fingerprint density at radius 1 is 1.21 bits per heavy atom. The number of carbonyl (C=O) groups is 1. The number of hydrogen-bond donors (Lipinski definition) is 1. The lowest BCUT2D eigenvalue weighted by atomic mass is 10.2. The molecule has 0 spiro atoms. The molecule has 1 saturated carbocycles. The Morgan fingerprint density at radius 2 is 1.97 bits per heavy atom. The van der Waals surface area contributed by atoms with E-state index < -0.39 is 0 Å². The third-order valence-electron chi connectivity index (χ3n) is 4.38. The Balaban J connectivity index is 1.34. The summed E-state index contributed by atoms with van der Waals surface area (Å²) in [7, 11) is 0. The summed E-state index contributed by atoms with van der Waals surface area (Å²) >= 11 is 1.68. The highest BCUT2D eigenvalue weighted by Gasteiger charge is 2.29. The van der Waals surface area contributed by atoms with E-state index in [1.807, 2.05) is 48.5 Å². The molecule has 2 aromatic carbocycles. The molecule has 7 heteroatoms. The minimum absolute atomic E-state index is 0.123. The van der Waals surface area contributed by atoms with E-state index >= 15 is 0 Å². The Hall–Kier alpha value is -2.80. The maximum Gasteiger partial charge on any atom is 0.256 e. The van der Waals surface area contributed by atoms with Gasteiger partial charge in [-0.15, -0.1) is 11.8 Å². The van der Waals surface area contributed by atoms with Crippen LogP contribution in [-0.4, -0.2) is 21.3 Å². The molecule has 29 heavy (non-hydrogen) atoms. The molecule has 150 valence electrons. The van der Waals surface area contributed by atoms with Crippen molar-refractivity contribution in [2.75, 3.05) is 5.32 Å². The lowest BCUT2D eigenvalue weighted by Crippen LogP contribution is -2.13. The first-order valence-corrected chi connectivity index (χ1v) is 10.6. The Bertz CT molecular complexity index is 981. The van der Waals surface area contributed by atoms with E-state index in [9.17, 15) is 4.79 Å². The van der Waals surface area contributed by atoms with Gasteiger partial charge in [0.1, 0.15) is 5.75 Å². The van der Waals surface area contributed by atoms with Crippen LogP contribution in [0.25, 0.3) is 0 Å². The van der Waals surface area contributed by atoms with Gasteiger partial charge in [-0.05, 0) is 49.2 Å². The van der Waals surface area contributed by atoms with Crippen LogP contribution in [-0.2, 0) is 6.61 Å². The molecule has 6 nitrogen and oxygen atoms in total. The van der Waals surface area contributed by atoms with Crippen LogP contribution in [0.1, 0.15) is 54.7 Å². The topological polar surface area (TPSA) is 77.2 Å². The van der Waals surface area contributed by atoms with Crippen LogP contribution in [0.5, 0.6) is 5.75 Å². The molecular formula is C22H23N3O3S. The van der Waals surface area contributed by atoms with Gasteiger partial charge in [0.15, 0.2) is 6.61 Å². The minimum Gasteiger partial charge on any atom is -0.485 e. The fourth-order valence-corrected chi connectivity index (χ4v) is 3.77. The van der Waals surface area contributed by atoms with E-state index in [2.05, 4.69) is 29.3 Å². The van der Waals surface area contributed by atoms with Crippen molar-refractivity contribution in [2.45, 2.75) is 49.4 Å². The van der Waals surface area contributed by atoms with Crippen LogP contribution in [0, 0.1) is 0 Å². The number of benzene rings is 2. The molecular weight excluding hydrogens is 386 g/mol. The van der Waals surface area contributed by atoms with Crippen LogP contribution in [0.3, 0.4) is 0 Å². The van der Waals surface area contributed by atoms with Crippen molar-refractivity contribution in [1.29, 1.82) is 0 Å². The molecule has 1 fully saturated rings. The molecule has 1 heterocycles. The number of hydrogen-bond acceptors (Lipinski definition) is 6. The molecule has 4 rings (SSSR count). The highest BCUT2D eigenvalue weighted by atomic mass is 32.2. The zero-order valence-electron chi connectivity index (χ0n) is 16.4. The smallest absolute Gasteiger partial charge is 0.256 e. The number of anilines is 1. The second-order valence-electron chi connectivity index (χ2n) is 7.25. The van der Waals surface area contributed by atoms with Crippen molar-refractivity contribution in [3.05, 3.63) is 65.8 Å². The van der Waals surface area contributed by atoms with E-state index in [0.717, 1.165) is 17.7 Å². The second-order valence-corrected chi connectivity index (χ2v) is 8.87. The molecule has 0 atom stereocenters. The fraction of sp³-hybridized carbons (Fsp3) is 0.318. The van der Waals surface area contributed by atoms with E-state index in [1.54, 1.807) is 11.8 Å². The average Bonchev–Trinajstić information content (AvgIpc) is 3.45. The van der Waals surface area contributed by atoms with Gasteiger partial charge in [0, 0.05) is 21.8 Å². The van der Waals surface area contributed by atoms with Gasteiger partial charge in [0.05, 0.1) is 5.56 Å². The first kappa shape index (κ1) is 19.5. The van der Waals surface area contributed by atoms with Crippen LogP contribution in [0.4, 0.5) is 5.69 Å². The molecule has 0 unspecified atom stereocenters. The molecule has 3 aromatic rings. The number of nitrogens with zero attached hydrogens (tertiary/aromatic N) is 2. The second kappa shape index (κ2) is 8.69. The summed E-state index contributed by atoms with van der Waals surface area (Å²) in [5.74, 6) is 2.24. The molecule has 0 radical (unpaired) electrons. The van der Waals surface area contributed by atoms with Gasteiger partial charge in [-0.3, -0.25) is 4.79 Å². The number of nitrogens with one attached hydrogen (secondary N) is 1. The molecule has 1 aromatic heterocycles. The quantitative estimate of drug-likeness (QED) is 0.510. The number of amides is 1. The zero-order chi connectivity index (χ0) is 20.2. The molecule has 1 amide bonds. The van der Waals surface area contributed by atoms with E-state index in [1.165, 1.54) is 0 Å². The molecule has 0 aliphatic heterocycles. The third kappa shape index (κ3) is 5.17. The van der Waals surface area contributed by atoms with Crippen molar-refractivity contribution in [3.8, 4) is 5.75 Å². The van der Waals surface area contributed by atoms with Gasteiger partial charge in [0.25, 0.3) is 5.91 Å². The number of carbonyl (C=O) groups excluding carboxylic acids is 1. The molecule has 0 saturated heterocycles. The average molecular weight is 410 g/mol. The fourth-order valence-electron chi connectivity index (χ4n) is 2.81. The van der Waals surface area contributed by atoms with Gasteiger partial charge < -0.3 is 14.6 Å². The minimum atomic E-state index is -0.123. The summed E-state index contributed by atoms with van der Waals surface area (Å²) in [4.78, 5) is 18.0. The number of aromatic nitrogens is 2. The summed E-state index contributed by atoms with van der Waals surface area (Å²) in [6.45, 7) is 4.47. The number of ether oxygens (including phenoxy) is 1. The standard InChI is InChI=1S/C22H23N3O3S/c1-14(2)29-19-6-4-3-5-18(19)21(26)23-16-9-11-17(12-10-16)27-13-20-24-22(28-25-20)15-7-8-15/h3-6,9-12,14-15H,7-8,13H2,1-2H3,(H,23,26). The van der Waals surface area contributed by atoms with Gasteiger partial charge >= 0.3 is 0 Å².